The smallest absolute Gasteiger partial charge is 0.253 e. The summed E-state index contributed by atoms with van der Waals surface area (Å²) >= 11 is 0. The number of unbranched alkanes of at least 4 members (excludes halogenated alkanes) is 2. The normalized spacial score (nSPS) is 12.8. The van der Waals surface area contributed by atoms with Gasteiger partial charge in [0, 0.05) is 13.7 Å². The first-order valence-corrected chi connectivity index (χ1v) is 5.47. The number of hydrazine groups is 1. The Morgan fingerprint density at radius 2 is 2.19 bits per heavy atom. The summed E-state index contributed by atoms with van der Waals surface area (Å²) < 4.78 is 4.98. The third-order valence-electron chi connectivity index (χ3n) is 2.47. The van der Waals surface area contributed by atoms with Crippen LogP contribution in [0.25, 0.3) is 0 Å². The highest BCUT2D eigenvalue weighted by Crippen LogP contribution is 2.02. The third-order valence-corrected chi connectivity index (χ3v) is 2.47. The molecule has 6 nitrogen and oxygen atoms in total. The molecule has 0 radical (unpaired) electrons. The number of likely N-dealkylation sites (N-methyl/N-ethyl adjacent to an activating group) is 1. The summed E-state index contributed by atoms with van der Waals surface area (Å²) in [6.45, 7) is 1.31. The number of nitrogens with two attached hydrogens (primary N) is 1. The van der Waals surface area contributed by atoms with Gasteiger partial charge in [-0.2, -0.15) is 0 Å². The average molecular weight is 233 g/mol. The van der Waals surface area contributed by atoms with Crippen LogP contribution >= 0.6 is 0 Å². The van der Waals surface area contributed by atoms with Gasteiger partial charge in [0.1, 0.15) is 6.04 Å². The molecule has 0 aliphatic heterocycles. The van der Waals surface area contributed by atoms with Gasteiger partial charge in [0.15, 0.2) is 0 Å². The van der Waals surface area contributed by atoms with Gasteiger partial charge in [0.25, 0.3) is 5.91 Å². The molecule has 0 aromatic heterocycles. The largest absolute Gasteiger partial charge is 0.396 e. The quantitative estimate of drug-likeness (QED) is 0.208. The van der Waals surface area contributed by atoms with Crippen molar-refractivity contribution in [2.45, 2.75) is 25.3 Å². The number of ether oxygens (including phenoxy) is 1. The molecule has 1 unspecified atom stereocenters. The molecular formula is C10H23N3O3. The van der Waals surface area contributed by atoms with Gasteiger partial charge in [-0.15, -0.1) is 0 Å². The minimum absolute atomic E-state index is 0.217. The van der Waals surface area contributed by atoms with Crippen LogP contribution in [-0.4, -0.2) is 55.9 Å². The number of aliphatic hydroxyl groups is 1. The van der Waals surface area contributed by atoms with Crippen molar-refractivity contribution in [1.82, 2.24) is 10.3 Å². The summed E-state index contributed by atoms with van der Waals surface area (Å²) in [5.74, 6) is 4.86. The number of hydrogen-bond donors (Lipinski definition) is 3. The number of hydrogen-bond acceptors (Lipinski definition) is 5. The van der Waals surface area contributed by atoms with Crippen molar-refractivity contribution < 1.29 is 14.6 Å². The fourth-order valence-electron chi connectivity index (χ4n) is 1.46. The van der Waals surface area contributed by atoms with Gasteiger partial charge in [-0.25, -0.2) is 5.84 Å². The Hall–Kier alpha value is -0.690. The fourth-order valence-corrected chi connectivity index (χ4v) is 1.46. The van der Waals surface area contributed by atoms with Crippen LogP contribution in [0.3, 0.4) is 0 Å². The van der Waals surface area contributed by atoms with Crippen LogP contribution in [0.2, 0.25) is 0 Å². The predicted octanol–water partition coefficient (Wildman–Crippen LogP) is -0.914. The maximum Gasteiger partial charge on any atom is 0.253 e. The van der Waals surface area contributed by atoms with Gasteiger partial charge >= 0.3 is 0 Å². The van der Waals surface area contributed by atoms with Crippen LogP contribution in [0.1, 0.15) is 19.3 Å². The van der Waals surface area contributed by atoms with Gasteiger partial charge in [-0.3, -0.25) is 15.1 Å². The molecule has 0 fully saturated rings. The van der Waals surface area contributed by atoms with Gasteiger partial charge in [-0.05, 0) is 32.9 Å². The molecule has 0 saturated heterocycles. The van der Waals surface area contributed by atoms with E-state index in [4.69, 9.17) is 15.7 Å². The van der Waals surface area contributed by atoms with E-state index in [2.05, 4.69) is 5.43 Å². The van der Waals surface area contributed by atoms with Crippen LogP contribution in [0.15, 0.2) is 0 Å². The summed E-state index contributed by atoms with van der Waals surface area (Å²) in [7, 11) is 3.41. The number of rotatable bonds is 9. The minimum atomic E-state index is -0.357. The maximum atomic E-state index is 11.4. The monoisotopic (exact) mass is 233 g/mol. The molecule has 0 spiro atoms. The predicted molar refractivity (Wildman–Crippen MR) is 61.6 cm³/mol. The van der Waals surface area contributed by atoms with Gasteiger partial charge < -0.3 is 9.84 Å². The van der Waals surface area contributed by atoms with Crippen molar-refractivity contribution in [3.8, 4) is 0 Å². The van der Waals surface area contributed by atoms with E-state index in [0.717, 1.165) is 25.8 Å². The lowest BCUT2D eigenvalue weighted by atomic mass is 10.2. The number of amides is 1. The molecule has 0 aromatic rings. The summed E-state index contributed by atoms with van der Waals surface area (Å²) in [5.41, 5.74) is 2.13. The second-order valence-corrected chi connectivity index (χ2v) is 3.74. The van der Waals surface area contributed by atoms with Crippen LogP contribution < -0.4 is 11.3 Å². The van der Waals surface area contributed by atoms with E-state index < -0.39 is 0 Å². The topological polar surface area (TPSA) is 87.8 Å². The van der Waals surface area contributed by atoms with Gasteiger partial charge in [0.05, 0.1) is 6.61 Å². The highest BCUT2D eigenvalue weighted by Gasteiger charge is 2.21. The summed E-state index contributed by atoms with van der Waals surface area (Å²) in [5, 5.41) is 8.64. The molecule has 0 rings (SSSR count). The van der Waals surface area contributed by atoms with Crippen molar-refractivity contribution >= 4 is 5.91 Å². The molecule has 1 atom stereocenters. The Morgan fingerprint density at radius 3 is 2.69 bits per heavy atom. The number of carbonyl (C=O) groups excluding carboxylic acids is 1. The van der Waals surface area contributed by atoms with E-state index in [0.29, 0.717) is 6.61 Å². The lowest BCUT2D eigenvalue weighted by Crippen LogP contribution is -2.50. The van der Waals surface area contributed by atoms with E-state index in [1.54, 1.807) is 7.11 Å². The van der Waals surface area contributed by atoms with Crippen LogP contribution in [-0.2, 0) is 9.53 Å². The zero-order valence-corrected chi connectivity index (χ0v) is 10.1. The molecule has 0 aromatic carbocycles. The van der Waals surface area contributed by atoms with E-state index in [1.165, 1.54) is 0 Å². The van der Waals surface area contributed by atoms with Crippen molar-refractivity contribution in [2.75, 3.05) is 33.9 Å². The van der Waals surface area contributed by atoms with E-state index in [1.807, 2.05) is 11.9 Å². The Balaban J connectivity index is 3.96. The second-order valence-electron chi connectivity index (χ2n) is 3.74. The Morgan fingerprint density at radius 1 is 1.50 bits per heavy atom. The highest BCUT2D eigenvalue weighted by atomic mass is 16.5. The van der Waals surface area contributed by atoms with Crippen molar-refractivity contribution in [3.05, 3.63) is 0 Å². The molecule has 0 heterocycles. The van der Waals surface area contributed by atoms with Gasteiger partial charge in [0.2, 0.25) is 0 Å². The standard InChI is InChI=1S/C10H23N3O3/c1-13(6-4-3-5-7-14)9(8-16-2)10(15)12-11/h9,14H,3-8,11H2,1-2H3,(H,12,15). The van der Waals surface area contributed by atoms with E-state index >= 15 is 0 Å². The zero-order valence-electron chi connectivity index (χ0n) is 10.1. The molecule has 0 saturated carbocycles. The first-order chi connectivity index (χ1) is 7.67. The summed E-state index contributed by atoms with van der Waals surface area (Å²) in [4.78, 5) is 13.3. The summed E-state index contributed by atoms with van der Waals surface area (Å²) in [6, 6.07) is -0.357. The fraction of sp³-hybridized carbons (Fsp3) is 0.900. The second kappa shape index (κ2) is 9.53. The Labute approximate surface area is 96.7 Å². The molecule has 16 heavy (non-hydrogen) atoms. The maximum absolute atomic E-state index is 11.4. The molecule has 0 aliphatic carbocycles. The number of methoxy groups -OCH3 is 1. The first kappa shape index (κ1) is 15.3. The van der Waals surface area contributed by atoms with E-state index in [9.17, 15) is 4.79 Å². The SMILES string of the molecule is COCC(C(=O)NN)N(C)CCCCCO. The molecule has 96 valence electrons. The van der Waals surface area contributed by atoms with Crippen LogP contribution in [0.5, 0.6) is 0 Å². The number of nitrogens with zero attached hydrogens (tertiary/aromatic N) is 1. The highest BCUT2D eigenvalue weighted by molar-refractivity contribution is 5.81. The average Bonchev–Trinajstić information content (AvgIpc) is 2.30. The van der Waals surface area contributed by atoms with Crippen molar-refractivity contribution in [2.24, 2.45) is 5.84 Å². The zero-order chi connectivity index (χ0) is 12.4. The molecule has 0 aliphatic rings. The molecule has 4 N–H and O–H groups in total. The van der Waals surface area contributed by atoms with Crippen molar-refractivity contribution in [3.63, 3.8) is 0 Å². The number of nitrogens with one attached hydrogen (secondary N) is 1. The lowest BCUT2D eigenvalue weighted by molar-refractivity contribution is -0.127. The summed E-state index contributed by atoms with van der Waals surface area (Å²) in [6.07, 6.45) is 2.69. The minimum Gasteiger partial charge on any atom is -0.396 e. The number of carbonyl (C=O) groups is 1. The molecule has 6 heteroatoms. The van der Waals surface area contributed by atoms with E-state index in [-0.39, 0.29) is 18.6 Å². The van der Waals surface area contributed by atoms with Crippen LogP contribution in [0, 0.1) is 0 Å². The Bertz CT molecular complexity index is 190. The first-order valence-electron chi connectivity index (χ1n) is 5.47. The lowest BCUT2D eigenvalue weighted by Gasteiger charge is -2.25. The van der Waals surface area contributed by atoms with Gasteiger partial charge in [-0.1, -0.05) is 0 Å². The Kier molecular flexibility index (Phi) is 9.12. The molecular weight excluding hydrogens is 210 g/mol. The number of aliphatic hydroxyl groups excluding tert-OH is 1. The molecule has 1 amide bonds. The van der Waals surface area contributed by atoms with Crippen molar-refractivity contribution in [1.29, 1.82) is 0 Å². The third kappa shape index (κ3) is 6.02. The molecule has 0 bridgehead atoms. The van der Waals surface area contributed by atoms with Crippen LogP contribution in [0.4, 0.5) is 0 Å².